The molecule has 7 nitrogen and oxygen atoms in total. The summed E-state index contributed by atoms with van der Waals surface area (Å²) in [4.78, 5) is 17.0. The van der Waals surface area contributed by atoms with Crippen LogP contribution in [-0.4, -0.2) is 35.3 Å². The van der Waals surface area contributed by atoms with E-state index in [9.17, 15) is 4.79 Å². The summed E-state index contributed by atoms with van der Waals surface area (Å²) in [5.41, 5.74) is 2.42. The van der Waals surface area contributed by atoms with E-state index in [4.69, 9.17) is 9.47 Å². The Morgan fingerprint density at radius 2 is 1.96 bits per heavy atom. The van der Waals surface area contributed by atoms with E-state index in [1.54, 1.807) is 20.3 Å². The normalized spacial score (nSPS) is 13.2. The highest BCUT2D eigenvalue weighted by Crippen LogP contribution is 2.38. The van der Waals surface area contributed by atoms with Gasteiger partial charge in [0.05, 0.1) is 20.6 Å². The van der Waals surface area contributed by atoms with Crippen molar-refractivity contribution in [3.05, 3.63) is 53.9 Å². The second-order valence-electron chi connectivity index (χ2n) is 6.81. The van der Waals surface area contributed by atoms with E-state index in [1.807, 2.05) is 36.4 Å². The van der Waals surface area contributed by atoms with E-state index in [-0.39, 0.29) is 12.3 Å². The minimum Gasteiger partial charge on any atom is -0.493 e. The Bertz CT molecular complexity index is 995. The van der Waals surface area contributed by atoms with E-state index < -0.39 is 0 Å². The van der Waals surface area contributed by atoms with Crippen LogP contribution in [-0.2, 0) is 11.2 Å². The fraction of sp³-hybridized carbons (Fsp3) is 0.286. The Labute approximate surface area is 163 Å². The molecule has 0 bridgehead atoms. The van der Waals surface area contributed by atoms with Crippen molar-refractivity contribution in [2.45, 2.75) is 25.2 Å². The molecule has 1 aromatic heterocycles. The lowest BCUT2D eigenvalue weighted by Gasteiger charge is -2.10. The standard InChI is InChI=1S/C21H22N4O3/c1-27-17-9-6-13(10-18(17)28-2)11-19(26)22-16-5-3-4-15(12-16)21-23-20(24-25-21)14-7-8-14/h3-6,9-10,12,14H,7-8,11H2,1-2H3,(H,22,26)(H,23,24,25). The molecule has 7 heteroatoms. The SMILES string of the molecule is COc1ccc(CC(=O)Nc2cccc(-c3n[nH]c(C4CC4)n3)c2)cc1OC. The number of hydrogen-bond donors (Lipinski definition) is 2. The molecule has 1 saturated carbocycles. The maximum Gasteiger partial charge on any atom is 0.228 e. The van der Waals surface area contributed by atoms with Gasteiger partial charge in [-0.15, -0.1) is 0 Å². The molecule has 0 atom stereocenters. The number of methoxy groups -OCH3 is 2. The van der Waals surface area contributed by atoms with Gasteiger partial charge in [-0.3, -0.25) is 9.89 Å². The molecular formula is C21H22N4O3. The van der Waals surface area contributed by atoms with Gasteiger partial charge in [-0.2, -0.15) is 5.10 Å². The number of carbonyl (C=O) groups excluding carboxylic acids is 1. The Kier molecular flexibility index (Phi) is 4.97. The van der Waals surface area contributed by atoms with E-state index in [0.29, 0.717) is 28.9 Å². The highest BCUT2D eigenvalue weighted by molar-refractivity contribution is 5.92. The van der Waals surface area contributed by atoms with Gasteiger partial charge in [0, 0.05) is 17.2 Å². The predicted molar refractivity (Wildman–Crippen MR) is 106 cm³/mol. The van der Waals surface area contributed by atoms with Crippen LogP contribution >= 0.6 is 0 Å². The molecule has 1 heterocycles. The van der Waals surface area contributed by atoms with Gasteiger partial charge in [-0.1, -0.05) is 18.2 Å². The van der Waals surface area contributed by atoms with E-state index in [2.05, 4.69) is 20.5 Å². The topological polar surface area (TPSA) is 89.1 Å². The summed E-state index contributed by atoms with van der Waals surface area (Å²) in [6.45, 7) is 0. The lowest BCUT2D eigenvalue weighted by atomic mass is 10.1. The van der Waals surface area contributed by atoms with Crippen LogP contribution in [0.5, 0.6) is 11.5 Å². The molecule has 28 heavy (non-hydrogen) atoms. The van der Waals surface area contributed by atoms with Gasteiger partial charge in [0.2, 0.25) is 5.91 Å². The molecule has 0 aliphatic heterocycles. The summed E-state index contributed by atoms with van der Waals surface area (Å²) >= 11 is 0. The third-order valence-corrected chi connectivity index (χ3v) is 4.68. The predicted octanol–water partition coefficient (Wildman–Crippen LogP) is 3.55. The van der Waals surface area contributed by atoms with E-state index in [1.165, 1.54) is 12.8 Å². The van der Waals surface area contributed by atoms with Crippen molar-refractivity contribution < 1.29 is 14.3 Å². The lowest BCUT2D eigenvalue weighted by Crippen LogP contribution is -2.14. The molecule has 0 spiro atoms. The quantitative estimate of drug-likeness (QED) is 0.656. The minimum absolute atomic E-state index is 0.113. The molecule has 3 aromatic rings. The van der Waals surface area contributed by atoms with Crippen molar-refractivity contribution in [2.75, 3.05) is 19.5 Å². The third-order valence-electron chi connectivity index (χ3n) is 4.68. The van der Waals surface area contributed by atoms with Gasteiger partial charge >= 0.3 is 0 Å². The number of benzene rings is 2. The molecule has 2 aromatic carbocycles. The number of nitrogens with zero attached hydrogens (tertiary/aromatic N) is 2. The molecule has 144 valence electrons. The summed E-state index contributed by atoms with van der Waals surface area (Å²) in [6, 6.07) is 13.0. The maximum absolute atomic E-state index is 12.5. The van der Waals surface area contributed by atoms with Gasteiger partial charge in [-0.25, -0.2) is 4.98 Å². The minimum atomic E-state index is -0.113. The number of hydrogen-bond acceptors (Lipinski definition) is 5. The van der Waals surface area contributed by atoms with Crippen LogP contribution in [0.25, 0.3) is 11.4 Å². The number of ether oxygens (including phenoxy) is 2. The van der Waals surface area contributed by atoms with Gasteiger partial charge in [-0.05, 0) is 42.7 Å². The summed E-state index contributed by atoms with van der Waals surface area (Å²) in [7, 11) is 3.16. The molecule has 0 radical (unpaired) electrons. The number of amides is 1. The number of aromatic amines is 1. The molecule has 4 rings (SSSR count). The molecular weight excluding hydrogens is 356 g/mol. The molecule has 0 saturated heterocycles. The zero-order chi connectivity index (χ0) is 19.5. The number of rotatable bonds is 7. The Morgan fingerprint density at radius 3 is 2.71 bits per heavy atom. The Hall–Kier alpha value is -3.35. The number of carbonyl (C=O) groups is 1. The summed E-state index contributed by atoms with van der Waals surface area (Å²) in [6.07, 6.45) is 2.57. The van der Waals surface area contributed by atoms with Gasteiger partial charge < -0.3 is 14.8 Å². The fourth-order valence-corrected chi connectivity index (χ4v) is 3.06. The summed E-state index contributed by atoms with van der Waals surface area (Å²) in [5.74, 6) is 3.24. The van der Waals surface area contributed by atoms with Crippen molar-refractivity contribution in [1.82, 2.24) is 15.2 Å². The second-order valence-corrected chi connectivity index (χ2v) is 6.81. The number of aromatic nitrogens is 3. The van der Waals surface area contributed by atoms with Crippen LogP contribution in [0.3, 0.4) is 0 Å². The summed E-state index contributed by atoms with van der Waals surface area (Å²) in [5, 5.41) is 10.2. The molecule has 1 fully saturated rings. The first kappa shape index (κ1) is 18.0. The van der Waals surface area contributed by atoms with Crippen molar-refractivity contribution in [3.63, 3.8) is 0 Å². The molecule has 1 aliphatic carbocycles. The smallest absolute Gasteiger partial charge is 0.228 e. The van der Waals surface area contributed by atoms with Crippen LogP contribution in [0.15, 0.2) is 42.5 Å². The first-order chi connectivity index (χ1) is 13.7. The van der Waals surface area contributed by atoms with Gasteiger partial charge in [0.15, 0.2) is 17.3 Å². The zero-order valence-corrected chi connectivity index (χ0v) is 15.9. The number of anilines is 1. The summed E-state index contributed by atoms with van der Waals surface area (Å²) < 4.78 is 10.5. The van der Waals surface area contributed by atoms with Crippen LogP contribution < -0.4 is 14.8 Å². The van der Waals surface area contributed by atoms with Crippen LogP contribution in [0, 0.1) is 0 Å². The van der Waals surface area contributed by atoms with Crippen LogP contribution in [0.1, 0.15) is 30.1 Å². The first-order valence-electron chi connectivity index (χ1n) is 9.19. The van der Waals surface area contributed by atoms with Crippen LogP contribution in [0.4, 0.5) is 5.69 Å². The van der Waals surface area contributed by atoms with Crippen molar-refractivity contribution in [3.8, 4) is 22.9 Å². The van der Waals surface area contributed by atoms with E-state index in [0.717, 1.165) is 17.0 Å². The molecule has 1 aliphatic rings. The Balaban J connectivity index is 1.44. The molecule has 1 amide bonds. The van der Waals surface area contributed by atoms with Gasteiger partial charge in [0.25, 0.3) is 0 Å². The monoisotopic (exact) mass is 378 g/mol. The fourth-order valence-electron chi connectivity index (χ4n) is 3.06. The number of nitrogens with one attached hydrogen (secondary N) is 2. The molecule has 0 unspecified atom stereocenters. The van der Waals surface area contributed by atoms with Gasteiger partial charge in [0.1, 0.15) is 5.82 Å². The highest BCUT2D eigenvalue weighted by atomic mass is 16.5. The van der Waals surface area contributed by atoms with Crippen molar-refractivity contribution in [2.24, 2.45) is 0 Å². The average molecular weight is 378 g/mol. The number of H-pyrrole nitrogens is 1. The van der Waals surface area contributed by atoms with E-state index >= 15 is 0 Å². The van der Waals surface area contributed by atoms with Crippen molar-refractivity contribution in [1.29, 1.82) is 0 Å². The first-order valence-corrected chi connectivity index (χ1v) is 9.19. The maximum atomic E-state index is 12.5. The zero-order valence-electron chi connectivity index (χ0n) is 15.9. The lowest BCUT2D eigenvalue weighted by molar-refractivity contribution is -0.115. The largest absolute Gasteiger partial charge is 0.493 e. The Morgan fingerprint density at radius 1 is 1.14 bits per heavy atom. The highest BCUT2D eigenvalue weighted by Gasteiger charge is 2.27. The van der Waals surface area contributed by atoms with Crippen LogP contribution in [0.2, 0.25) is 0 Å². The molecule has 2 N–H and O–H groups in total. The third kappa shape index (κ3) is 3.98. The average Bonchev–Trinajstić information content (AvgIpc) is 3.44. The van der Waals surface area contributed by atoms with Crippen molar-refractivity contribution >= 4 is 11.6 Å². The second kappa shape index (κ2) is 7.72.